The van der Waals surface area contributed by atoms with Crippen molar-refractivity contribution in [1.82, 2.24) is 20.0 Å². The first-order valence-electron chi connectivity index (χ1n) is 8.99. The third-order valence-electron chi connectivity index (χ3n) is 5.03. The molecule has 1 aliphatic carbocycles. The standard InChI is InChI=1S/C19H24N4O2/c1-2-23-12-15(11-20-23)18-13-22(8-9-25-18)19(24)21-17-10-16(17)14-6-4-3-5-7-14/h3-7,11-12,16-18H,2,8-10,13H2,1H3,(H,21,24)/t16-,17-,18+/m1/s1. The number of urea groups is 1. The van der Waals surface area contributed by atoms with Gasteiger partial charge in [0.1, 0.15) is 6.10 Å². The molecule has 132 valence electrons. The molecular formula is C19H24N4O2. The molecule has 0 spiro atoms. The molecule has 4 rings (SSSR count). The molecule has 25 heavy (non-hydrogen) atoms. The van der Waals surface area contributed by atoms with Crippen LogP contribution in [0.3, 0.4) is 0 Å². The van der Waals surface area contributed by atoms with E-state index in [1.165, 1.54) is 5.56 Å². The van der Waals surface area contributed by atoms with Gasteiger partial charge in [-0.3, -0.25) is 4.68 Å². The molecule has 2 heterocycles. The highest BCUT2D eigenvalue weighted by atomic mass is 16.5. The van der Waals surface area contributed by atoms with Crippen molar-refractivity contribution in [2.75, 3.05) is 19.7 Å². The third-order valence-corrected chi connectivity index (χ3v) is 5.03. The highest BCUT2D eigenvalue weighted by molar-refractivity contribution is 5.75. The van der Waals surface area contributed by atoms with Gasteiger partial charge >= 0.3 is 6.03 Å². The van der Waals surface area contributed by atoms with Crippen molar-refractivity contribution >= 4 is 6.03 Å². The molecule has 2 fully saturated rings. The molecule has 6 nitrogen and oxygen atoms in total. The first kappa shape index (κ1) is 16.1. The van der Waals surface area contributed by atoms with Gasteiger partial charge in [0, 0.05) is 36.8 Å². The Morgan fingerprint density at radius 2 is 2.16 bits per heavy atom. The van der Waals surface area contributed by atoms with Crippen molar-refractivity contribution in [2.24, 2.45) is 0 Å². The second-order valence-corrected chi connectivity index (χ2v) is 6.74. The Morgan fingerprint density at radius 1 is 1.32 bits per heavy atom. The number of ether oxygens (including phenoxy) is 1. The lowest BCUT2D eigenvalue weighted by Crippen LogP contribution is -2.47. The first-order chi connectivity index (χ1) is 12.2. The fourth-order valence-electron chi connectivity index (χ4n) is 3.43. The molecule has 0 unspecified atom stereocenters. The summed E-state index contributed by atoms with van der Waals surface area (Å²) in [6, 6.07) is 10.7. The topological polar surface area (TPSA) is 59.4 Å². The summed E-state index contributed by atoms with van der Waals surface area (Å²) in [5, 5.41) is 7.47. The lowest BCUT2D eigenvalue weighted by atomic mass is 10.1. The van der Waals surface area contributed by atoms with Gasteiger partial charge in [-0.15, -0.1) is 0 Å². The van der Waals surface area contributed by atoms with E-state index in [1.54, 1.807) is 0 Å². The quantitative estimate of drug-likeness (QED) is 0.930. The second kappa shape index (κ2) is 6.88. The Balaban J connectivity index is 1.33. The Hall–Kier alpha value is -2.34. The zero-order chi connectivity index (χ0) is 17.2. The summed E-state index contributed by atoms with van der Waals surface area (Å²) in [5.74, 6) is 0.449. The molecule has 3 atom stereocenters. The average Bonchev–Trinajstić information content (AvgIpc) is 3.26. The van der Waals surface area contributed by atoms with E-state index in [4.69, 9.17) is 4.74 Å². The number of nitrogens with one attached hydrogen (secondary N) is 1. The van der Waals surface area contributed by atoms with Gasteiger partial charge in [0.2, 0.25) is 0 Å². The molecule has 1 aliphatic heterocycles. The minimum Gasteiger partial charge on any atom is -0.370 e. The summed E-state index contributed by atoms with van der Waals surface area (Å²) in [6.07, 6.45) is 4.76. The number of rotatable bonds is 4. The van der Waals surface area contributed by atoms with Crippen LogP contribution in [-0.2, 0) is 11.3 Å². The van der Waals surface area contributed by atoms with E-state index >= 15 is 0 Å². The van der Waals surface area contributed by atoms with Crippen molar-refractivity contribution in [3.8, 4) is 0 Å². The van der Waals surface area contributed by atoms with Gasteiger partial charge < -0.3 is 15.0 Å². The SMILES string of the molecule is CCn1cc([C@@H]2CN(C(=O)N[C@@H]3C[C@@H]3c3ccccc3)CCO2)cn1. The minimum absolute atomic E-state index is 0.0135. The molecule has 1 N–H and O–H groups in total. The van der Waals surface area contributed by atoms with Crippen LogP contribution in [0.1, 0.15) is 36.5 Å². The number of hydrogen-bond acceptors (Lipinski definition) is 3. The van der Waals surface area contributed by atoms with Crippen molar-refractivity contribution in [3.05, 3.63) is 53.9 Å². The maximum absolute atomic E-state index is 12.6. The number of hydrogen-bond donors (Lipinski definition) is 1. The Bertz CT molecular complexity index is 730. The second-order valence-electron chi connectivity index (χ2n) is 6.74. The summed E-state index contributed by atoms with van der Waals surface area (Å²) in [6.45, 7) is 4.65. The van der Waals surface area contributed by atoms with Gasteiger partial charge in [-0.25, -0.2) is 4.79 Å². The van der Waals surface area contributed by atoms with Crippen LogP contribution in [0.2, 0.25) is 0 Å². The molecule has 1 aromatic carbocycles. The lowest BCUT2D eigenvalue weighted by molar-refractivity contribution is -0.0155. The van der Waals surface area contributed by atoms with Gasteiger partial charge in [0.25, 0.3) is 0 Å². The molecule has 0 bridgehead atoms. The van der Waals surface area contributed by atoms with Crippen molar-refractivity contribution in [2.45, 2.75) is 38.0 Å². The number of amides is 2. The summed E-state index contributed by atoms with van der Waals surface area (Å²) >= 11 is 0. The fourth-order valence-corrected chi connectivity index (χ4v) is 3.43. The van der Waals surface area contributed by atoms with Gasteiger partial charge in [-0.1, -0.05) is 30.3 Å². The number of nitrogens with zero attached hydrogens (tertiary/aromatic N) is 3. The molecule has 6 heteroatoms. The number of benzene rings is 1. The van der Waals surface area contributed by atoms with Gasteiger partial charge in [-0.05, 0) is 18.9 Å². The summed E-state index contributed by atoms with van der Waals surface area (Å²) in [5.41, 5.74) is 2.34. The van der Waals surface area contributed by atoms with Crippen LogP contribution in [0.25, 0.3) is 0 Å². The van der Waals surface area contributed by atoms with E-state index in [-0.39, 0.29) is 18.2 Å². The zero-order valence-electron chi connectivity index (χ0n) is 14.5. The average molecular weight is 340 g/mol. The number of carbonyl (C=O) groups is 1. The smallest absolute Gasteiger partial charge is 0.317 e. The van der Waals surface area contributed by atoms with E-state index in [9.17, 15) is 4.79 Å². The largest absolute Gasteiger partial charge is 0.370 e. The fraction of sp³-hybridized carbons (Fsp3) is 0.474. The van der Waals surface area contributed by atoms with Gasteiger partial charge in [0.05, 0.1) is 19.3 Å². The Labute approximate surface area is 147 Å². The van der Waals surface area contributed by atoms with Crippen molar-refractivity contribution < 1.29 is 9.53 Å². The predicted octanol–water partition coefficient (Wildman–Crippen LogP) is 2.54. The molecular weight excluding hydrogens is 316 g/mol. The van der Waals surface area contributed by atoms with E-state index in [1.807, 2.05) is 28.0 Å². The van der Waals surface area contributed by atoms with Crippen molar-refractivity contribution in [1.29, 1.82) is 0 Å². The maximum atomic E-state index is 12.6. The molecule has 0 radical (unpaired) electrons. The zero-order valence-corrected chi connectivity index (χ0v) is 14.5. The van der Waals surface area contributed by atoms with Crippen LogP contribution >= 0.6 is 0 Å². The normalized spacial score (nSPS) is 25.6. The molecule has 2 aromatic rings. The number of morpholine rings is 1. The summed E-state index contributed by atoms with van der Waals surface area (Å²) in [4.78, 5) is 14.5. The van der Waals surface area contributed by atoms with E-state index < -0.39 is 0 Å². The molecule has 2 aliphatic rings. The van der Waals surface area contributed by atoms with E-state index in [0.29, 0.717) is 25.6 Å². The molecule has 2 amide bonds. The van der Waals surface area contributed by atoms with Crippen LogP contribution in [0.15, 0.2) is 42.7 Å². The highest BCUT2D eigenvalue weighted by Crippen LogP contribution is 2.40. The Kier molecular flexibility index (Phi) is 4.44. The maximum Gasteiger partial charge on any atom is 0.317 e. The molecule has 1 aromatic heterocycles. The van der Waals surface area contributed by atoms with Gasteiger partial charge in [0.15, 0.2) is 0 Å². The van der Waals surface area contributed by atoms with E-state index in [2.05, 4.69) is 41.6 Å². The summed E-state index contributed by atoms with van der Waals surface area (Å²) in [7, 11) is 0. The van der Waals surface area contributed by atoms with Crippen LogP contribution in [0, 0.1) is 0 Å². The number of aryl methyl sites for hydroxylation is 1. The third kappa shape index (κ3) is 3.54. The lowest BCUT2D eigenvalue weighted by Gasteiger charge is -2.32. The Morgan fingerprint density at radius 3 is 2.92 bits per heavy atom. The molecule has 1 saturated carbocycles. The summed E-state index contributed by atoms with van der Waals surface area (Å²) < 4.78 is 7.72. The van der Waals surface area contributed by atoms with Crippen molar-refractivity contribution in [3.63, 3.8) is 0 Å². The monoisotopic (exact) mass is 340 g/mol. The van der Waals surface area contributed by atoms with Gasteiger partial charge in [-0.2, -0.15) is 5.10 Å². The van der Waals surface area contributed by atoms with Crippen LogP contribution in [-0.4, -0.2) is 46.4 Å². The highest BCUT2D eigenvalue weighted by Gasteiger charge is 2.40. The first-order valence-corrected chi connectivity index (χ1v) is 8.99. The van der Waals surface area contributed by atoms with Crippen LogP contribution < -0.4 is 5.32 Å². The number of carbonyl (C=O) groups excluding carboxylic acids is 1. The molecule has 1 saturated heterocycles. The van der Waals surface area contributed by atoms with Crippen LogP contribution in [0.4, 0.5) is 4.79 Å². The number of aromatic nitrogens is 2. The van der Waals surface area contributed by atoms with Crippen LogP contribution in [0.5, 0.6) is 0 Å². The predicted molar refractivity (Wildman–Crippen MR) is 94.3 cm³/mol. The minimum atomic E-state index is -0.0936. The van der Waals surface area contributed by atoms with E-state index in [0.717, 1.165) is 18.5 Å².